The zero-order valence-electron chi connectivity index (χ0n) is 13.4. The van der Waals surface area contributed by atoms with Crippen LogP contribution >= 0.6 is 0 Å². The fourth-order valence-corrected chi connectivity index (χ4v) is 3.59. The molecule has 0 amide bonds. The second-order valence-corrected chi connectivity index (χ2v) is 7.24. The third-order valence-corrected chi connectivity index (χ3v) is 5.05. The maximum atomic E-state index is 2.52. The molecule has 3 unspecified atom stereocenters. The van der Waals surface area contributed by atoms with Gasteiger partial charge in [-0.1, -0.05) is 79.1 Å². The van der Waals surface area contributed by atoms with Gasteiger partial charge in [-0.25, -0.2) is 0 Å². The Morgan fingerprint density at radius 2 is 1.72 bits per heavy atom. The molecular weight excluding hydrogens is 216 g/mol. The Balaban J connectivity index is 2.12. The first-order valence-electron chi connectivity index (χ1n) is 8.63. The van der Waals surface area contributed by atoms with Gasteiger partial charge in [0.2, 0.25) is 0 Å². The topological polar surface area (TPSA) is 0 Å². The van der Waals surface area contributed by atoms with Crippen molar-refractivity contribution < 1.29 is 0 Å². The van der Waals surface area contributed by atoms with Gasteiger partial charge in [-0.2, -0.15) is 0 Å². The van der Waals surface area contributed by atoms with Crippen molar-refractivity contribution >= 4 is 0 Å². The summed E-state index contributed by atoms with van der Waals surface area (Å²) in [5, 5.41) is 0. The molecule has 0 aromatic heterocycles. The number of rotatable bonds is 9. The lowest BCUT2D eigenvalue weighted by Crippen LogP contribution is -2.08. The van der Waals surface area contributed by atoms with Gasteiger partial charge in [-0.15, -0.1) is 0 Å². The summed E-state index contributed by atoms with van der Waals surface area (Å²) in [6, 6.07) is 0. The molecule has 108 valence electrons. The summed E-state index contributed by atoms with van der Waals surface area (Å²) in [5.74, 6) is 4.01. The molecule has 0 aliphatic heterocycles. The lowest BCUT2D eigenvalue weighted by Gasteiger charge is -2.19. The Kier molecular flexibility index (Phi) is 8.02. The van der Waals surface area contributed by atoms with Crippen molar-refractivity contribution in [1.29, 1.82) is 0 Å². The minimum absolute atomic E-state index is 0.899. The minimum Gasteiger partial charge on any atom is -0.0654 e. The fraction of sp³-hybridized carbons (Fsp3) is 1.00. The summed E-state index contributed by atoms with van der Waals surface area (Å²) < 4.78 is 0. The molecule has 0 heteroatoms. The molecule has 0 nitrogen and oxygen atoms in total. The zero-order valence-corrected chi connectivity index (χ0v) is 13.4. The molecular formula is C18H36. The molecule has 0 aromatic rings. The highest BCUT2D eigenvalue weighted by molar-refractivity contribution is 4.79. The number of unbranched alkanes of at least 4 members (excludes halogenated alkanes) is 3. The van der Waals surface area contributed by atoms with Crippen molar-refractivity contribution in [3.8, 4) is 0 Å². The van der Waals surface area contributed by atoms with Gasteiger partial charge in [0.1, 0.15) is 0 Å². The molecule has 0 aromatic carbocycles. The van der Waals surface area contributed by atoms with Gasteiger partial charge in [0.15, 0.2) is 0 Å². The molecule has 0 spiro atoms. The van der Waals surface area contributed by atoms with Crippen LogP contribution in [0.5, 0.6) is 0 Å². The zero-order chi connectivity index (χ0) is 13.4. The van der Waals surface area contributed by atoms with Gasteiger partial charge in [-0.05, 0) is 36.5 Å². The van der Waals surface area contributed by atoms with Gasteiger partial charge in [-0.3, -0.25) is 0 Å². The summed E-state index contributed by atoms with van der Waals surface area (Å²) in [6.07, 6.45) is 14.8. The Morgan fingerprint density at radius 1 is 0.944 bits per heavy atom. The van der Waals surface area contributed by atoms with Crippen LogP contribution in [-0.4, -0.2) is 0 Å². The molecule has 18 heavy (non-hydrogen) atoms. The molecule has 0 bridgehead atoms. The minimum atomic E-state index is 0.899. The Hall–Kier alpha value is 0. The average Bonchev–Trinajstić information content (AvgIpc) is 2.80. The maximum absolute atomic E-state index is 2.52. The first-order valence-corrected chi connectivity index (χ1v) is 8.63. The predicted octanol–water partition coefficient (Wildman–Crippen LogP) is 6.45. The van der Waals surface area contributed by atoms with Gasteiger partial charge < -0.3 is 0 Å². The molecule has 0 N–H and O–H groups in total. The SMILES string of the molecule is CCCCCCC(C)C1CCC(CCC(C)C)C1. The second kappa shape index (κ2) is 8.99. The molecule has 1 saturated carbocycles. The van der Waals surface area contributed by atoms with Crippen LogP contribution in [-0.2, 0) is 0 Å². The molecule has 1 fully saturated rings. The summed E-state index contributed by atoms with van der Waals surface area (Å²) in [4.78, 5) is 0. The Morgan fingerprint density at radius 3 is 2.39 bits per heavy atom. The van der Waals surface area contributed by atoms with E-state index in [1.165, 1.54) is 57.8 Å². The van der Waals surface area contributed by atoms with Crippen LogP contribution in [0, 0.1) is 23.7 Å². The Bertz CT molecular complexity index is 194. The molecule has 0 saturated heterocycles. The monoisotopic (exact) mass is 252 g/mol. The van der Waals surface area contributed by atoms with Crippen LogP contribution < -0.4 is 0 Å². The molecule has 1 aliphatic carbocycles. The van der Waals surface area contributed by atoms with Crippen molar-refractivity contribution in [3.63, 3.8) is 0 Å². The molecule has 1 rings (SSSR count). The number of hydrogen-bond acceptors (Lipinski definition) is 0. The van der Waals surface area contributed by atoms with Crippen molar-refractivity contribution in [1.82, 2.24) is 0 Å². The third-order valence-electron chi connectivity index (χ3n) is 5.05. The van der Waals surface area contributed by atoms with E-state index < -0.39 is 0 Å². The summed E-state index contributed by atoms with van der Waals surface area (Å²) in [5.41, 5.74) is 0. The lowest BCUT2D eigenvalue weighted by atomic mass is 9.86. The van der Waals surface area contributed by atoms with Gasteiger partial charge in [0, 0.05) is 0 Å². The van der Waals surface area contributed by atoms with Gasteiger partial charge >= 0.3 is 0 Å². The summed E-state index contributed by atoms with van der Waals surface area (Å²) >= 11 is 0. The highest BCUT2D eigenvalue weighted by Crippen LogP contribution is 2.40. The maximum Gasteiger partial charge on any atom is -0.0386 e. The first kappa shape index (κ1) is 16.1. The normalized spacial score (nSPS) is 25.8. The van der Waals surface area contributed by atoms with Crippen molar-refractivity contribution in [3.05, 3.63) is 0 Å². The van der Waals surface area contributed by atoms with Crippen LogP contribution in [0.3, 0.4) is 0 Å². The van der Waals surface area contributed by atoms with Crippen LogP contribution in [0.4, 0.5) is 0 Å². The van der Waals surface area contributed by atoms with E-state index in [0.29, 0.717) is 0 Å². The molecule has 3 atom stereocenters. The van der Waals surface area contributed by atoms with Gasteiger partial charge in [0.25, 0.3) is 0 Å². The molecule has 0 heterocycles. The molecule has 1 aliphatic rings. The van der Waals surface area contributed by atoms with Crippen LogP contribution in [0.2, 0.25) is 0 Å². The van der Waals surface area contributed by atoms with Crippen molar-refractivity contribution in [2.24, 2.45) is 23.7 Å². The van der Waals surface area contributed by atoms with E-state index in [1.54, 1.807) is 6.42 Å². The van der Waals surface area contributed by atoms with E-state index in [9.17, 15) is 0 Å². The summed E-state index contributed by atoms with van der Waals surface area (Å²) in [7, 11) is 0. The predicted molar refractivity (Wildman–Crippen MR) is 82.8 cm³/mol. The van der Waals surface area contributed by atoms with Crippen molar-refractivity contribution in [2.75, 3.05) is 0 Å². The van der Waals surface area contributed by atoms with E-state index in [1.807, 2.05) is 0 Å². The number of hydrogen-bond donors (Lipinski definition) is 0. The van der Waals surface area contributed by atoms with E-state index in [2.05, 4.69) is 27.7 Å². The summed E-state index contributed by atoms with van der Waals surface area (Å²) in [6.45, 7) is 9.55. The van der Waals surface area contributed by atoms with E-state index in [0.717, 1.165) is 23.7 Å². The second-order valence-electron chi connectivity index (χ2n) is 7.24. The first-order chi connectivity index (χ1) is 8.63. The van der Waals surface area contributed by atoms with Crippen molar-refractivity contribution in [2.45, 2.75) is 91.9 Å². The quantitative estimate of drug-likeness (QED) is 0.414. The fourth-order valence-electron chi connectivity index (χ4n) is 3.59. The van der Waals surface area contributed by atoms with Crippen LogP contribution in [0.25, 0.3) is 0 Å². The smallest absolute Gasteiger partial charge is 0.0386 e. The van der Waals surface area contributed by atoms with Gasteiger partial charge in [0.05, 0.1) is 0 Å². The van der Waals surface area contributed by atoms with Crippen LogP contribution in [0.1, 0.15) is 91.9 Å². The lowest BCUT2D eigenvalue weighted by molar-refractivity contribution is 0.316. The average molecular weight is 252 g/mol. The molecule has 0 radical (unpaired) electrons. The third kappa shape index (κ3) is 6.25. The van der Waals surface area contributed by atoms with E-state index in [4.69, 9.17) is 0 Å². The largest absolute Gasteiger partial charge is 0.0654 e. The Labute approximate surface area is 116 Å². The highest BCUT2D eigenvalue weighted by atomic mass is 14.3. The highest BCUT2D eigenvalue weighted by Gasteiger charge is 2.27. The van der Waals surface area contributed by atoms with E-state index >= 15 is 0 Å². The van der Waals surface area contributed by atoms with Crippen LogP contribution in [0.15, 0.2) is 0 Å². The van der Waals surface area contributed by atoms with E-state index in [-0.39, 0.29) is 0 Å². The standard InChI is InChI=1S/C18H36/c1-5-6-7-8-9-16(4)18-13-12-17(14-18)11-10-15(2)3/h15-18H,5-14H2,1-4H3.